The van der Waals surface area contributed by atoms with Crippen LogP contribution in [-0.2, 0) is 9.05 Å². The van der Waals surface area contributed by atoms with Gasteiger partial charge in [0, 0.05) is 15.7 Å². The first kappa shape index (κ1) is 12.4. The molecule has 17 heavy (non-hydrogen) atoms. The van der Waals surface area contributed by atoms with E-state index >= 15 is 0 Å². The van der Waals surface area contributed by atoms with Gasteiger partial charge in [-0.1, -0.05) is 11.6 Å². The molecule has 0 saturated heterocycles. The summed E-state index contributed by atoms with van der Waals surface area (Å²) in [6.07, 6.45) is 1.37. The minimum absolute atomic E-state index is 0.0686. The number of aryl methyl sites for hydroxylation is 1. The SMILES string of the molecule is Cc1cc(-n2nccc2S(=O)(=O)Cl)ccc1Cl. The first-order chi connectivity index (χ1) is 7.89. The van der Waals surface area contributed by atoms with Crippen LogP contribution in [0, 0.1) is 6.92 Å². The van der Waals surface area contributed by atoms with E-state index < -0.39 is 9.05 Å². The van der Waals surface area contributed by atoms with Crippen molar-refractivity contribution in [1.82, 2.24) is 9.78 Å². The molecule has 7 heteroatoms. The maximum absolute atomic E-state index is 11.3. The molecule has 0 aliphatic carbocycles. The maximum atomic E-state index is 11.3. The molecule has 0 unspecified atom stereocenters. The third kappa shape index (κ3) is 2.46. The lowest BCUT2D eigenvalue weighted by Crippen LogP contribution is -2.04. The molecule has 4 nitrogen and oxygen atoms in total. The summed E-state index contributed by atoms with van der Waals surface area (Å²) in [5.41, 5.74) is 1.42. The lowest BCUT2D eigenvalue weighted by molar-refractivity contribution is 0.600. The van der Waals surface area contributed by atoms with Gasteiger partial charge in [-0.05, 0) is 36.8 Å². The van der Waals surface area contributed by atoms with E-state index in [1.165, 1.54) is 16.9 Å². The molecule has 0 N–H and O–H groups in total. The molecule has 0 amide bonds. The number of halogens is 2. The van der Waals surface area contributed by atoms with Crippen LogP contribution >= 0.6 is 22.3 Å². The van der Waals surface area contributed by atoms with Crippen molar-refractivity contribution in [3.63, 3.8) is 0 Å². The molecule has 0 spiro atoms. The van der Waals surface area contributed by atoms with E-state index in [9.17, 15) is 8.42 Å². The quantitative estimate of drug-likeness (QED) is 0.799. The summed E-state index contributed by atoms with van der Waals surface area (Å²) in [6.45, 7) is 1.82. The first-order valence-electron chi connectivity index (χ1n) is 4.65. The number of benzene rings is 1. The third-order valence-corrected chi connectivity index (χ3v) is 3.95. The van der Waals surface area contributed by atoms with E-state index in [2.05, 4.69) is 5.10 Å². The van der Waals surface area contributed by atoms with Crippen LogP contribution in [-0.4, -0.2) is 18.2 Å². The summed E-state index contributed by atoms with van der Waals surface area (Å²) >= 11 is 5.90. The fourth-order valence-electron chi connectivity index (χ4n) is 1.43. The normalized spacial score (nSPS) is 11.7. The van der Waals surface area contributed by atoms with E-state index in [1.54, 1.807) is 18.2 Å². The van der Waals surface area contributed by atoms with Crippen LogP contribution in [0.4, 0.5) is 0 Å². The molecule has 90 valence electrons. The van der Waals surface area contributed by atoms with Crippen LogP contribution in [0.1, 0.15) is 5.56 Å². The minimum Gasteiger partial charge on any atom is -0.221 e. The van der Waals surface area contributed by atoms with E-state index in [-0.39, 0.29) is 5.03 Å². The highest BCUT2D eigenvalue weighted by atomic mass is 35.7. The van der Waals surface area contributed by atoms with Gasteiger partial charge in [0.1, 0.15) is 0 Å². The fourth-order valence-corrected chi connectivity index (χ4v) is 2.48. The predicted molar refractivity (Wildman–Crippen MR) is 66.3 cm³/mol. The molecule has 0 saturated carbocycles. The molecular formula is C10H8Cl2N2O2S. The Morgan fingerprint density at radius 3 is 2.59 bits per heavy atom. The molecule has 0 aliphatic heterocycles. The molecule has 1 heterocycles. The number of hydrogen-bond acceptors (Lipinski definition) is 3. The highest BCUT2D eigenvalue weighted by molar-refractivity contribution is 8.13. The number of hydrogen-bond donors (Lipinski definition) is 0. The van der Waals surface area contributed by atoms with Gasteiger partial charge in [0.05, 0.1) is 11.9 Å². The summed E-state index contributed by atoms with van der Waals surface area (Å²) in [7, 11) is 1.49. The monoisotopic (exact) mass is 290 g/mol. The molecule has 0 bridgehead atoms. The number of aromatic nitrogens is 2. The van der Waals surface area contributed by atoms with E-state index in [0.717, 1.165) is 5.56 Å². The summed E-state index contributed by atoms with van der Waals surface area (Å²) < 4.78 is 23.9. The molecule has 2 rings (SSSR count). The standard InChI is InChI=1S/C10H8Cl2N2O2S/c1-7-6-8(2-3-9(7)11)14-10(4-5-13-14)17(12,15)16/h2-6H,1H3. The van der Waals surface area contributed by atoms with E-state index in [4.69, 9.17) is 22.3 Å². The zero-order chi connectivity index (χ0) is 12.6. The molecule has 1 aromatic heterocycles. The summed E-state index contributed by atoms with van der Waals surface area (Å²) in [6, 6.07) is 6.43. The molecule has 0 radical (unpaired) electrons. The largest absolute Gasteiger partial charge is 0.278 e. The van der Waals surface area contributed by atoms with Crippen LogP contribution in [0.15, 0.2) is 35.5 Å². The van der Waals surface area contributed by atoms with Gasteiger partial charge >= 0.3 is 0 Å². The molecule has 1 aromatic carbocycles. The van der Waals surface area contributed by atoms with Crippen LogP contribution in [0.25, 0.3) is 5.69 Å². The van der Waals surface area contributed by atoms with E-state index in [1.807, 2.05) is 6.92 Å². The Balaban J connectivity index is 2.62. The molecule has 0 aliphatic rings. The predicted octanol–water partition coefficient (Wildman–Crippen LogP) is 2.76. The van der Waals surface area contributed by atoms with Crippen LogP contribution in [0.3, 0.4) is 0 Å². The van der Waals surface area contributed by atoms with Gasteiger partial charge in [-0.25, -0.2) is 13.1 Å². The highest BCUT2D eigenvalue weighted by Crippen LogP contribution is 2.22. The maximum Gasteiger partial charge on any atom is 0.278 e. The van der Waals surface area contributed by atoms with Crippen LogP contribution < -0.4 is 0 Å². The second kappa shape index (κ2) is 4.33. The van der Waals surface area contributed by atoms with Gasteiger partial charge in [-0.2, -0.15) is 5.10 Å². The number of nitrogens with zero attached hydrogens (tertiary/aromatic N) is 2. The van der Waals surface area contributed by atoms with Gasteiger partial charge in [0.2, 0.25) is 0 Å². The second-order valence-corrected chi connectivity index (χ2v) is 6.37. The van der Waals surface area contributed by atoms with Crippen molar-refractivity contribution in [2.45, 2.75) is 11.9 Å². The Hall–Kier alpha value is -1.04. The summed E-state index contributed by atoms with van der Waals surface area (Å²) in [5.74, 6) is 0. The first-order valence-corrected chi connectivity index (χ1v) is 7.33. The number of rotatable bonds is 2. The highest BCUT2D eigenvalue weighted by Gasteiger charge is 2.17. The van der Waals surface area contributed by atoms with Crippen molar-refractivity contribution in [1.29, 1.82) is 0 Å². The van der Waals surface area contributed by atoms with Crippen molar-refractivity contribution in [2.75, 3.05) is 0 Å². The van der Waals surface area contributed by atoms with Crippen molar-refractivity contribution in [3.8, 4) is 5.69 Å². The molecule has 0 fully saturated rings. The lowest BCUT2D eigenvalue weighted by Gasteiger charge is -2.06. The third-order valence-electron chi connectivity index (χ3n) is 2.24. The Morgan fingerprint density at radius 2 is 2.00 bits per heavy atom. The van der Waals surface area contributed by atoms with Gasteiger partial charge in [-0.15, -0.1) is 0 Å². The van der Waals surface area contributed by atoms with Crippen molar-refractivity contribution >= 4 is 31.3 Å². The molecule has 0 atom stereocenters. The van der Waals surface area contributed by atoms with Crippen molar-refractivity contribution < 1.29 is 8.42 Å². The second-order valence-electron chi connectivity index (χ2n) is 3.45. The zero-order valence-electron chi connectivity index (χ0n) is 8.76. The van der Waals surface area contributed by atoms with Crippen LogP contribution in [0.5, 0.6) is 0 Å². The van der Waals surface area contributed by atoms with Crippen LogP contribution in [0.2, 0.25) is 5.02 Å². The van der Waals surface area contributed by atoms with Crippen molar-refractivity contribution in [3.05, 3.63) is 41.0 Å². The molecular weight excluding hydrogens is 283 g/mol. The average Bonchev–Trinajstić information content (AvgIpc) is 2.70. The minimum atomic E-state index is -3.82. The van der Waals surface area contributed by atoms with E-state index in [0.29, 0.717) is 10.7 Å². The zero-order valence-corrected chi connectivity index (χ0v) is 11.1. The fraction of sp³-hybridized carbons (Fsp3) is 0.100. The summed E-state index contributed by atoms with van der Waals surface area (Å²) in [5, 5.41) is 4.47. The summed E-state index contributed by atoms with van der Waals surface area (Å²) in [4.78, 5) is 0. The Bertz CT molecular complexity index is 665. The van der Waals surface area contributed by atoms with Gasteiger partial charge in [0.15, 0.2) is 5.03 Å². The van der Waals surface area contributed by atoms with Gasteiger partial charge < -0.3 is 0 Å². The van der Waals surface area contributed by atoms with Gasteiger partial charge in [-0.3, -0.25) is 0 Å². The average molecular weight is 291 g/mol. The lowest BCUT2D eigenvalue weighted by atomic mass is 10.2. The Kier molecular flexibility index (Phi) is 3.16. The Labute approximate surface area is 108 Å². The topological polar surface area (TPSA) is 52.0 Å². The smallest absolute Gasteiger partial charge is 0.221 e. The Morgan fingerprint density at radius 1 is 1.29 bits per heavy atom. The van der Waals surface area contributed by atoms with Crippen molar-refractivity contribution in [2.24, 2.45) is 0 Å². The van der Waals surface area contributed by atoms with Gasteiger partial charge in [0.25, 0.3) is 9.05 Å². The molecule has 2 aromatic rings.